The minimum Gasteiger partial charge on any atom is -0.494 e. The van der Waals surface area contributed by atoms with E-state index >= 15 is 0 Å². The highest BCUT2D eigenvalue weighted by atomic mass is 35.5. The topological polar surface area (TPSA) is 168 Å². The number of rotatable bonds is 10. The molecule has 0 aliphatic carbocycles. The number of carbonyl (C=O) groups excluding carboxylic acids is 4. The molecular weight excluding hydrogens is 879 g/mol. The Balaban J connectivity index is 0.000000238. The monoisotopic (exact) mass is 922 g/mol. The smallest absolute Gasteiger partial charge is 0.416 e. The van der Waals surface area contributed by atoms with Gasteiger partial charge in [0, 0.05) is 70.4 Å². The van der Waals surface area contributed by atoms with Gasteiger partial charge in [-0.05, 0) is 56.3 Å². The minimum atomic E-state index is -4.73. The van der Waals surface area contributed by atoms with Crippen molar-refractivity contribution in [2.75, 3.05) is 100 Å². The maximum Gasteiger partial charge on any atom is 0.416 e. The van der Waals surface area contributed by atoms with Crippen LogP contribution >= 0.6 is 23.2 Å². The number of alkyl halides is 3. The maximum absolute atomic E-state index is 13.5. The third-order valence-corrected chi connectivity index (χ3v) is 10.1. The third-order valence-electron chi connectivity index (χ3n) is 9.53. The summed E-state index contributed by atoms with van der Waals surface area (Å²) in [4.78, 5) is 64.2. The second-order valence-corrected chi connectivity index (χ2v) is 14.4. The average Bonchev–Trinajstić information content (AvgIpc) is 3.26. The summed E-state index contributed by atoms with van der Waals surface area (Å²) >= 11 is 12.6. The summed E-state index contributed by atoms with van der Waals surface area (Å²) < 4.78 is 72.6. The summed E-state index contributed by atoms with van der Waals surface area (Å²) in [6, 6.07) is 9.24. The van der Waals surface area contributed by atoms with Crippen LogP contribution in [0.3, 0.4) is 0 Å². The molecule has 0 radical (unpaired) electrons. The highest BCUT2D eigenvalue weighted by Gasteiger charge is 2.32. The van der Waals surface area contributed by atoms with E-state index in [4.69, 9.17) is 42.1 Å². The fourth-order valence-corrected chi connectivity index (χ4v) is 6.98. The Morgan fingerprint density at radius 3 is 1.52 bits per heavy atom. The van der Waals surface area contributed by atoms with E-state index in [0.717, 1.165) is 6.07 Å². The number of anilines is 4. The number of esters is 2. The van der Waals surface area contributed by atoms with Crippen LogP contribution in [0.5, 0.6) is 11.5 Å². The van der Waals surface area contributed by atoms with Crippen molar-refractivity contribution in [1.29, 1.82) is 0 Å². The highest BCUT2D eigenvalue weighted by molar-refractivity contribution is 6.33. The Bertz CT molecular complexity index is 2250. The lowest BCUT2D eigenvalue weighted by atomic mass is 10.2. The first kappa shape index (κ1) is 47.8. The number of urea groups is 2. The van der Waals surface area contributed by atoms with Crippen molar-refractivity contribution in [1.82, 2.24) is 19.8 Å². The number of benzene rings is 2. The van der Waals surface area contributed by atoms with Gasteiger partial charge in [-0.3, -0.25) is 0 Å². The van der Waals surface area contributed by atoms with Crippen LogP contribution in [0, 0.1) is 5.82 Å². The highest BCUT2D eigenvalue weighted by Crippen LogP contribution is 2.35. The van der Waals surface area contributed by atoms with Gasteiger partial charge in [0.1, 0.15) is 34.6 Å². The molecule has 2 fully saturated rings. The first-order valence-corrected chi connectivity index (χ1v) is 20.2. The van der Waals surface area contributed by atoms with Gasteiger partial charge in [0.05, 0.1) is 54.2 Å². The first-order valence-electron chi connectivity index (χ1n) is 19.4. The molecule has 2 aliphatic heterocycles. The number of carbonyl (C=O) groups is 4. The molecule has 2 aromatic carbocycles. The number of pyridine rings is 2. The predicted octanol–water partition coefficient (Wildman–Crippen LogP) is 7.71. The number of hydrogen-bond donors (Lipinski definition) is 2. The molecule has 22 heteroatoms. The van der Waals surface area contributed by atoms with Gasteiger partial charge < -0.3 is 49.2 Å². The van der Waals surface area contributed by atoms with Crippen LogP contribution < -0.4 is 29.9 Å². The molecule has 0 saturated carbocycles. The fourth-order valence-electron chi connectivity index (χ4n) is 6.41. The fraction of sp³-hybridized carbons (Fsp3) is 0.366. The van der Waals surface area contributed by atoms with Gasteiger partial charge >= 0.3 is 30.2 Å². The molecule has 2 N–H and O–H groups in total. The molecule has 0 unspecified atom stereocenters. The lowest BCUT2D eigenvalue weighted by molar-refractivity contribution is -0.137. The molecule has 2 saturated heterocycles. The zero-order valence-electron chi connectivity index (χ0n) is 34.6. The summed E-state index contributed by atoms with van der Waals surface area (Å²) in [5, 5.41) is 5.78. The van der Waals surface area contributed by atoms with Gasteiger partial charge in [-0.15, -0.1) is 0 Å². The summed E-state index contributed by atoms with van der Waals surface area (Å²) in [5.41, 5.74) is -0.473. The molecule has 63 heavy (non-hydrogen) atoms. The van der Waals surface area contributed by atoms with E-state index in [9.17, 15) is 36.7 Å². The molecule has 4 aromatic rings. The van der Waals surface area contributed by atoms with Crippen molar-refractivity contribution < 1.29 is 55.7 Å². The van der Waals surface area contributed by atoms with Crippen LogP contribution in [0.15, 0.2) is 60.9 Å². The normalized spacial score (nSPS) is 13.9. The van der Waals surface area contributed by atoms with Crippen molar-refractivity contribution >= 4 is 70.2 Å². The quantitative estimate of drug-likeness (QED) is 0.118. The number of ether oxygens (including phenoxy) is 4. The Hall–Kier alpha value is -6.28. The van der Waals surface area contributed by atoms with Gasteiger partial charge in [-0.1, -0.05) is 29.3 Å². The SMILES string of the molecule is CCOC(=O)c1cnc(N2CCN(C(=O)Nc3c(OC)cccc3OC)CC2)c(Cl)c1.CCOC(=O)c1cnc(N2CCN(C(=O)Nc3cc(F)cc(C(F)(F)F)c3)CC2)c(Cl)c1. The van der Waals surface area contributed by atoms with Crippen molar-refractivity contribution in [2.24, 2.45) is 0 Å². The largest absolute Gasteiger partial charge is 0.494 e. The zero-order chi connectivity index (χ0) is 45.8. The van der Waals surface area contributed by atoms with Crippen LogP contribution in [0.1, 0.15) is 40.1 Å². The van der Waals surface area contributed by atoms with Crippen LogP contribution in [-0.4, -0.2) is 124 Å². The van der Waals surface area contributed by atoms with E-state index < -0.39 is 35.5 Å². The second kappa shape index (κ2) is 21.7. The lowest BCUT2D eigenvalue weighted by Crippen LogP contribution is -2.50. The summed E-state index contributed by atoms with van der Waals surface area (Å²) in [6.45, 7) is 7.09. The molecule has 6 rings (SSSR count). The molecular formula is C41H44Cl2F4N8O8. The summed E-state index contributed by atoms with van der Waals surface area (Å²) in [5.74, 6) is -0.0708. The van der Waals surface area contributed by atoms with E-state index in [1.165, 1.54) is 37.6 Å². The van der Waals surface area contributed by atoms with Crippen LogP contribution in [0.4, 0.5) is 50.2 Å². The predicted molar refractivity (Wildman–Crippen MR) is 227 cm³/mol. The number of para-hydroxylation sites is 1. The summed E-state index contributed by atoms with van der Waals surface area (Å²) in [6.07, 6.45) is -1.94. The Morgan fingerprint density at radius 2 is 1.13 bits per heavy atom. The van der Waals surface area contributed by atoms with E-state index in [1.54, 1.807) is 43.0 Å². The van der Waals surface area contributed by atoms with Gasteiger partial charge in [-0.2, -0.15) is 13.2 Å². The number of methoxy groups -OCH3 is 2. The number of piperazine rings is 2. The molecule has 0 spiro atoms. The van der Waals surface area contributed by atoms with E-state index in [0.29, 0.717) is 90.8 Å². The van der Waals surface area contributed by atoms with Gasteiger partial charge in [0.25, 0.3) is 0 Å². The molecule has 16 nitrogen and oxygen atoms in total. The Kier molecular flexibility index (Phi) is 16.4. The Morgan fingerprint density at radius 1 is 0.683 bits per heavy atom. The third kappa shape index (κ3) is 12.4. The van der Waals surface area contributed by atoms with E-state index in [2.05, 4.69) is 20.6 Å². The van der Waals surface area contributed by atoms with Gasteiger partial charge in [-0.25, -0.2) is 33.5 Å². The molecule has 2 aromatic heterocycles. The molecule has 338 valence electrons. The molecule has 0 bridgehead atoms. The first-order chi connectivity index (χ1) is 30.1. The molecule has 2 aliphatic rings. The van der Waals surface area contributed by atoms with E-state index in [-0.39, 0.29) is 48.6 Å². The average molecular weight is 924 g/mol. The lowest BCUT2D eigenvalue weighted by Gasteiger charge is -2.35. The summed E-state index contributed by atoms with van der Waals surface area (Å²) in [7, 11) is 3.07. The van der Waals surface area contributed by atoms with Crippen LogP contribution in [0.2, 0.25) is 10.0 Å². The van der Waals surface area contributed by atoms with Crippen molar-refractivity contribution in [3.63, 3.8) is 0 Å². The van der Waals surface area contributed by atoms with Crippen molar-refractivity contribution in [3.05, 3.63) is 93.5 Å². The number of nitrogens with zero attached hydrogens (tertiary/aromatic N) is 6. The molecule has 0 atom stereocenters. The molecule has 4 heterocycles. The van der Waals surface area contributed by atoms with E-state index in [1.807, 2.05) is 9.80 Å². The number of nitrogens with one attached hydrogen (secondary N) is 2. The Labute approximate surface area is 369 Å². The van der Waals surface area contributed by atoms with Crippen molar-refractivity contribution in [3.8, 4) is 11.5 Å². The number of hydrogen-bond acceptors (Lipinski definition) is 12. The second-order valence-electron chi connectivity index (χ2n) is 13.6. The molecule has 4 amide bonds. The maximum atomic E-state index is 13.5. The van der Waals surface area contributed by atoms with Gasteiger partial charge in [0.15, 0.2) is 0 Å². The van der Waals surface area contributed by atoms with Crippen LogP contribution in [0.25, 0.3) is 0 Å². The number of aromatic nitrogens is 2. The van der Waals surface area contributed by atoms with Crippen molar-refractivity contribution in [2.45, 2.75) is 20.0 Å². The minimum absolute atomic E-state index is 0.215. The van der Waals surface area contributed by atoms with Crippen LogP contribution in [-0.2, 0) is 15.7 Å². The van der Waals surface area contributed by atoms with Gasteiger partial charge in [0.2, 0.25) is 0 Å². The standard InChI is InChI=1S/C21H25ClN4O5.C20H19ClF4N4O3/c1-4-31-20(27)14-12-15(22)19(23-13-14)25-8-10-26(11-9-25)21(28)24-18-16(29-2)6-5-7-17(18)30-3;1-2-32-18(30)12-7-16(21)17(26-11-12)28-3-5-29(6-4-28)19(31)27-15-9-13(20(23,24)25)8-14(22)10-15/h5-7,12-13H,4,8-11H2,1-3H3,(H,24,28);7-11H,2-6H2,1H3,(H,27,31). The number of halogens is 6. The number of amides is 4. The zero-order valence-corrected chi connectivity index (χ0v) is 36.1.